The summed E-state index contributed by atoms with van der Waals surface area (Å²) < 4.78 is 5.81. The van der Waals surface area contributed by atoms with Crippen LogP contribution in [-0.2, 0) is 11.8 Å². The summed E-state index contributed by atoms with van der Waals surface area (Å²) >= 11 is 4.27. The maximum Gasteiger partial charge on any atom is 0.377 e. The van der Waals surface area contributed by atoms with E-state index in [2.05, 4.69) is 26.4 Å². The van der Waals surface area contributed by atoms with Crippen molar-refractivity contribution in [3.8, 4) is 11.7 Å². The summed E-state index contributed by atoms with van der Waals surface area (Å²) in [6.07, 6.45) is 1.25. The number of nitrogens with zero attached hydrogens (tertiary/aromatic N) is 4. The van der Waals surface area contributed by atoms with Gasteiger partial charge in [-0.1, -0.05) is 0 Å². The van der Waals surface area contributed by atoms with Gasteiger partial charge in [0, 0.05) is 23.9 Å². The van der Waals surface area contributed by atoms with Crippen molar-refractivity contribution in [2.24, 2.45) is 0 Å². The quantitative estimate of drug-likeness (QED) is 0.482. The standard InChI is InChI=1S/C8H7N4O5PS/c13-12(14)7-3-1-6(2-4-7)11-5-9-8(10-11)17-18(15,16)19/h1-5H,(H2,15,16,19). The molecule has 2 aromatic rings. The molecule has 0 aliphatic heterocycles. The van der Waals surface area contributed by atoms with Gasteiger partial charge in [-0.05, 0) is 12.1 Å². The molecule has 100 valence electrons. The van der Waals surface area contributed by atoms with Crippen LogP contribution in [0, 0.1) is 10.1 Å². The maximum absolute atomic E-state index is 10.5. The van der Waals surface area contributed by atoms with Crippen molar-refractivity contribution in [1.29, 1.82) is 0 Å². The minimum Gasteiger partial charge on any atom is -0.388 e. The van der Waals surface area contributed by atoms with Crippen molar-refractivity contribution in [2.45, 2.75) is 0 Å². The number of rotatable bonds is 4. The molecule has 1 aromatic carbocycles. The Labute approximate surface area is 111 Å². The Kier molecular flexibility index (Phi) is 3.58. The van der Waals surface area contributed by atoms with Gasteiger partial charge in [0.15, 0.2) is 0 Å². The highest BCUT2D eigenvalue weighted by Gasteiger charge is 2.14. The van der Waals surface area contributed by atoms with E-state index < -0.39 is 11.6 Å². The number of hydrogen-bond donors (Lipinski definition) is 2. The molecule has 0 fully saturated rings. The zero-order valence-electron chi connectivity index (χ0n) is 9.15. The van der Waals surface area contributed by atoms with Gasteiger partial charge < -0.3 is 14.3 Å². The van der Waals surface area contributed by atoms with Gasteiger partial charge in [-0.2, -0.15) is 4.98 Å². The Balaban J connectivity index is 2.23. The van der Waals surface area contributed by atoms with Crippen LogP contribution in [-0.4, -0.2) is 29.5 Å². The van der Waals surface area contributed by atoms with Crippen LogP contribution < -0.4 is 4.52 Å². The predicted octanol–water partition coefficient (Wildman–Crippen LogP) is 0.763. The monoisotopic (exact) mass is 302 g/mol. The van der Waals surface area contributed by atoms with Crippen molar-refractivity contribution >= 4 is 24.2 Å². The summed E-state index contributed by atoms with van der Waals surface area (Å²) in [4.78, 5) is 31.5. The molecule has 0 spiro atoms. The van der Waals surface area contributed by atoms with Crippen molar-refractivity contribution in [3.05, 3.63) is 40.7 Å². The zero-order chi connectivity index (χ0) is 14.0. The SMILES string of the molecule is O=[N+]([O-])c1ccc(-n2cnc(OP(O)(O)=S)n2)cc1. The average molecular weight is 302 g/mol. The molecule has 1 aromatic heterocycles. The molecule has 0 aliphatic carbocycles. The van der Waals surface area contributed by atoms with Crippen molar-refractivity contribution < 1.29 is 19.2 Å². The fraction of sp³-hybridized carbons (Fsp3) is 0. The van der Waals surface area contributed by atoms with Crippen LogP contribution in [0.15, 0.2) is 30.6 Å². The number of aromatic nitrogens is 3. The molecule has 2 N–H and O–H groups in total. The Morgan fingerprint density at radius 3 is 2.53 bits per heavy atom. The summed E-state index contributed by atoms with van der Waals surface area (Å²) in [6.45, 7) is -3.88. The van der Waals surface area contributed by atoms with Gasteiger partial charge in [0.25, 0.3) is 5.69 Å². The number of benzene rings is 1. The van der Waals surface area contributed by atoms with Crippen LogP contribution >= 0.6 is 6.72 Å². The Morgan fingerprint density at radius 2 is 2.00 bits per heavy atom. The van der Waals surface area contributed by atoms with Gasteiger partial charge in [0.05, 0.1) is 10.6 Å². The summed E-state index contributed by atoms with van der Waals surface area (Å²) in [7, 11) is 0. The van der Waals surface area contributed by atoms with Gasteiger partial charge in [-0.25, -0.2) is 4.68 Å². The molecule has 0 bridgehead atoms. The normalized spacial score (nSPS) is 11.3. The van der Waals surface area contributed by atoms with E-state index in [1.807, 2.05) is 0 Å². The smallest absolute Gasteiger partial charge is 0.377 e. The largest absolute Gasteiger partial charge is 0.388 e. The second-order valence-electron chi connectivity index (χ2n) is 3.33. The lowest BCUT2D eigenvalue weighted by Gasteiger charge is -2.04. The Bertz CT molecular complexity index is 651. The van der Waals surface area contributed by atoms with E-state index in [-0.39, 0.29) is 11.7 Å². The third-order valence-electron chi connectivity index (χ3n) is 2.00. The van der Waals surface area contributed by atoms with Crippen LogP contribution in [0.25, 0.3) is 5.69 Å². The summed E-state index contributed by atoms with van der Waals surface area (Å²) in [6, 6.07) is 5.25. The van der Waals surface area contributed by atoms with Gasteiger partial charge in [-0.15, -0.1) is 5.10 Å². The third kappa shape index (κ3) is 3.55. The summed E-state index contributed by atoms with van der Waals surface area (Å²) in [5, 5.41) is 14.3. The van der Waals surface area contributed by atoms with Crippen LogP contribution in [0.4, 0.5) is 5.69 Å². The van der Waals surface area contributed by atoms with Gasteiger partial charge >= 0.3 is 12.7 Å². The van der Waals surface area contributed by atoms with Crippen LogP contribution in [0.2, 0.25) is 0 Å². The third-order valence-corrected chi connectivity index (χ3v) is 2.62. The number of nitro groups is 1. The van der Waals surface area contributed by atoms with Crippen molar-refractivity contribution in [2.75, 3.05) is 0 Å². The second kappa shape index (κ2) is 5.02. The molecule has 0 saturated carbocycles. The molecule has 2 rings (SSSR count). The van der Waals surface area contributed by atoms with Crippen LogP contribution in [0.3, 0.4) is 0 Å². The second-order valence-corrected chi connectivity index (χ2v) is 5.92. The first-order valence-electron chi connectivity index (χ1n) is 4.77. The number of non-ortho nitro benzene ring substituents is 1. The molecule has 0 atom stereocenters. The lowest BCUT2D eigenvalue weighted by molar-refractivity contribution is -0.384. The molecule has 0 amide bonds. The van der Waals surface area contributed by atoms with E-state index in [9.17, 15) is 10.1 Å². The van der Waals surface area contributed by atoms with E-state index >= 15 is 0 Å². The number of nitro benzene ring substituents is 1. The highest BCUT2D eigenvalue weighted by Crippen LogP contribution is 2.36. The summed E-state index contributed by atoms with van der Waals surface area (Å²) in [5.74, 6) is 0. The predicted molar refractivity (Wildman–Crippen MR) is 67.4 cm³/mol. The topological polar surface area (TPSA) is 124 Å². The molecule has 19 heavy (non-hydrogen) atoms. The van der Waals surface area contributed by atoms with Crippen LogP contribution in [0.5, 0.6) is 6.01 Å². The lowest BCUT2D eigenvalue weighted by atomic mass is 10.3. The Hall–Kier alpha value is -1.87. The molecule has 0 saturated heterocycles. The van der Waals surface area contributed by atoms with E-state index in [4.69, 9.17) is 9.79 Å². The highest BCUT2D eigenvalue weighted by atomic mass is 32.5. The number of hydrogen-bond acceptors (Lipinski definition) is 6. The van der Waals surface area contributed by atoms with Crippen LogP contribution in [0.1, 0.15) is 0 Å². The molecule has 9 nitrogen and oxygen atoms in total. The molecule has 0 radical (unpaired) electrons. The first-order chi connectivity index (χ1) is 8.85. The molecule has 0 unspecified atom stereocenters. The van der Waals surface area contributed by atoms with E-state index in [1.165, 1.54) is 35.3 Å². The van der Waals surface area contributed by atoms with Gasteiger partial charge in [0.1, 0.15) is 6.33 Å². The van der Waals surface area contributed by atoms with E-state index in [1.54, 1.807) is 0 Å². The molecular weight excluding hydrogens is 295 g/mol. The first-order valence-corrected chi connectivity index (χ1v) is 7.39. The van der Waals surface area contributed by atoms with Crippen molar-refractivity contribution in [1.82, 2.24) is 14.8 Å². The fourth-order valence-corrected chi connectivity index (χ4v) is 1.74. The van der Waals surface area contributed by atoms with Gasteiger partial charge in [-0.3, -0.25) is 10.1 Å². The van der Waals surface area contributed by atoms with E-state index in [0.717, 1.165) is 0 Å². The Morgan fingerprint density at radius 1 is 1.37 bits per heavy atom. The zero-order valence-corrected chi connectivity index (χ0v) is 10.9. The van der Waals surface area contributed by atoms with Gasteiger partial charge in [0.2, 0.25) is 0 Å². The minimum atomic E-state index is -3.88. The molecular formula is C8H7N4O5PS. The van der Waals surface area contributed by atoms with E-state index in [0.29, 0.717) is 5.69 Å². The molecule has 11 heteroatoms. The first kappa shape index (κ1) is 13.6. The highest BCUT2D eigenvalue weighted by molar-refractivity contribution is 8.06. The lowest BCUT2D eigenvalue weighted by Crippen LogP contribution is -1.97. The minimum absolute atomic E-state index is 0.0541. The average Bonchev–Trinajstić information content (AvgIpc) is 2.75. The fourth-order valence-electron chi connectivity index (χ4n) is 1.25. The molecule has 0 aliphatic rings. The van der Waals surface area contributed by atoms with Crippen molar-refractivity contribution in [3.63, 3.8) is 0 Å². The maximum atomic E-state index is 10.5. The summed E-state index contributed by atoms with van der Waals surface area (Å²) in [5.41, 5.74) is 0.443. The molecule has 1 heterocycles.